The van der Waals surface area contributed by atoms with Crippen molar-refractivity contribution in [1.29, 1.82) is 0 Å². The number of nitrogens with zero attached hydrogens (tertiary/aromatic N) is 1. The Morgan fingerprint density at radius 1 is 1.29 bits per heavy atom. The van der Waals surface area contributed by atoms with Crippen molar-refractivity contribution in [1.82, 2.24) is 0 Å². The molecule has 1 unspecified atom stereocenters. The molecule has 0 bridgehead atoms. The Morgan fingerprint density at radius 3 is 2.41 bits per heavy atom. The third-order valence-electron chi connectivity index (χ3n) is 3.65. The molecule has 2 fully saturated rings. The van der Waals surface area contributed by atoms with Crippen molar-refractivity contribution in [3.8, 4) is 0 Å². The van der Waals surface area contributed by atoms with Crippen LogP contribution in [0.25, 0.3) is 0 Å². The highest BCUT2D eigenvalue weighted by molar-refractivity contribution is 4.99. The molecule has 0 amide bonds. The molecule has 1 saturated carbocycles. The van der Waals surface area contributed by atoms with E-state index < -0.39 is 35.0 Å². The van der Waals surface area contributed by atoms with E-state index in [1.807, 2.05) is 0 Å². The van der Waals surface area contributed by atoms with E-state index in [-0.39, 0.29) is 12.8 Å². The molecule has 1 spiro atoms. The first-order valence-electron chi connectivity index (χ1n) is 5.56. The summed E-state index contributed by atoms with van der Waals surface area (Å²) in [5, 5.41) is 10.6. The molecule has 1 aliphatic carbocycles. The summed E-state index contributed by atoms with van der Waals surface area (Å²) >= 11 is 0. The molecule has 1 aliphatic heterocycles. The Morgan fingerprint density at radius 2 is 1.88 bits per heavy atom. The summed E-state index contributed by atoms with van der Waals surface area (Å²) in [5.74, 6) is -4.09. The Hall–Kier alpha value is -0.820. The summed E-state index contributed by atoms with van der Waals surface area (Å²) in [6, 6.07) is 0. The zero-order valence-electron chi connectivity index (χ0n) is 9.58. The van der Waals surface area contributed by atoms with Crippen molar-refractivity contribution in [2.75, 3.05) is 19.8 Å². The van der Waals surface area contributed by atoms with Gasteiger partial charge in [0.15, 0.2) is 5.79 Å². The molecule has 1 saturated heterocycles. The van der Waals surface area contributed by atoms with Gasteiger partial charge in [0, 0.05) is 24.2 Å². The zero-order valence-corrected chi connectivity index (χ0v) is 9.58. The molecule has 0 aromatic carbocycles. The van der Waals surface area contributed by atoms with E-state index in [4.69, 9.17) is 9.47 Å². The smallest absolute Gasteiger partial charge is 0.260 e. The van der Waals surface area contributed by atoms with Crippen molar-refractivity contribution in [3.63, 3.8) is 0 Å². The highest BCUT2D eigenvalue weighted by Gasteiger charge is 2.62. The van der Waals surface area contributed by atoms with Gasteiger partial charge >= 0.3 is 0 Å². The van der Waals surface area contributed by atoms with Crippen LogP contribution in [0.5, 0.6) is 0 Å². The summed E-state index contributed by atoms with van der Waals surface area (Å²) in [6.07, 6.45) is -0.474. The van der Waals surface area contributed by atoms with Crippen LogP contribution in [0.3, 0.4) is 0 Å². The summed E-state index contributed by atoms with van der Waals surface area (Å²) in [4.78, 5) is 9.86. The van der Waals surface area contributed by atoms with Crippen LogP contribution < -0.4 is 0 Å². The van der Waals surface area contributed by atoms with Gasteiger partial charge in [-0.05, 0) is 6.92 Å². The summed E-state index contributed by atoms with van der Waals surface area (Å²) in [5.41, 5.74) is -1.71. The number of hydrogen-bond acceptors (Lipinski definition) is 4. The second-order valence-electron chi connectivity index (χ2n) is 5.04. The number of halogens is 2. The van der Waals surface area contributed by atoms with Gasteiger partial charge in [-0.1, -0.05) is 0 Å². The molecule has 2 rings (SSSR count). The molecule has 7 heteroatoms. The molecule has 0 aromatic heterocycles. The van der Waals surface area contributed by atoms with E-state index in [1.165, 1.54) is 6.92 Å². The number of nitro groups is 1. The largest absolute Gasteiger partial charge is 0.348 e. The molecular formula is C10H15F2NO4. The predicted octanol–water partition coefficient (Wildman–Crippen LogP) is 1.83. The minimum atomic E-state index is -3.05. The van der Waals surface area contributed by atoms with Gasteiger partial charge < -0.3 is 9.47 Å². The van der Waals surface area contributed by atoms with Crippen molar-refractivity contribution in [2.24, 2.45) is 5.41 Å². The monoisotopic (exact) mass is 251 g/mol. The maximum Gasteiger partial charge on any atom is 0.260 e. The molecule has 0 N–H and O–H groups in total. The van der Waals surface area contributed by atoms with Crippen LogP contribution >= 0.6 is 0 Å². The molecule has 1 atom stereocenters. The SMILES string of the molecule is CC1(C[N+](=O)[O-])CC2(CCC1(F)F)OCCO2. The van der Waals surface area contributed by atoms with Gasteiger partial charge in [-0.3, -0.25) is 10.1 Å². The molecule has 98 valence electrons. The minimum absolute atomic E-state index is 0.0906. The number of rotatable bonds is 2. The topological polar surface area (TPSA) is 61.6 Å². The first kappa shape index (κ1) is 12.6. The number of hydrogen-bond donors (Lipinski definition) is 0. The maximum atomic E-state index is 13.8. The van der Waals surface area contributed by atoms with E-state index in [9.17, 15) is 18.9 Å². The van der Waals surface area contributed by atoms with Gasteiger partial charge in [0.25, 0.3) is 5.92 Å². The molecule has 2 aliphatic rings. The van der Waals surface area contributed by atoms with E-state index in [0.717, 1.165) is 0 Å². The van der Waals surface area contributed by atoms with E-state index in [2.05, 4.69) is 0 Å². The third-order valence-corrected chi connectivity index (χ3v) is 3.65. The molecule has 1 heterocycles. The van der Waals surface area contributed by atoms with Crippen LogP contribution in [0.2, 0.25) is 0 Å². The molecular weight excluding hydrogens is 236 g/mol. The highest BCUT2D eigenvalue weighted by atomic mass is 19.3. The Kier molecular flexibility index (Phi) is 2.86. The van der Waals surface area contributed by atoms with Crippen LogP contribution in [-0.4, -0.2) is 36.4 Å². The fourth-order valence-corrected chi connectivity index (χ4v) is 2.66. The van der Waals surface area contributed by atoms with Crippen LogP contribution in [0.1, 0.15) is 26.2 Å². The normalized spacial score (nSPS) is 35.0. The average Bonchev–Trinajstić information content (AvgIpc) is 2.60. The number of ether oxygens (including phenoxy) is 2. The lowest BCUT2D eigenvalue weighted by Gasteiger charge is -2.45. The van der Waals surface area contributed by atoms with E-state index >= 15 is 0 Å². The molecule has 0 radical (unpaired) electrons. The van der Waals surface area contributed by atoms with Crippen LogP contribution in [0, 0.1) is 15.5 Å². The van der Waals surface area contributed by atoms with Gasteiger partial charge in [-0.15, -0.1) is 0 Å². The lowest BCUT2D eigenvalue weighted by Crippen LogP contribution is -2.55. The average molecular weight is 251 g/mol. The summed E-state index contributed by atoms with van der Waals surface area (Å²) in [6.45, 7) is 1.19. The second-order valence-corrected chi connectivity index (χ2v) is 5.04. The minimum Gasteiger partial charge on any atom is -0.348 e. The van der Waals surface area contributed by atoms with E-state index in [1.54, 1.807) is 0 Å². The lowest BCUT2D eigenvalue weighted by molar-refractivity contribution is -0.510. The van der Waals surface area contributed by atoms with Crippen LogP contribution in [-0.2, 0) is 9.47 Å². The predicted molar refractivity (Wildman–Crippen MR) is 53.4 cm³/mol. The summed E-state index contributed by atoms with van der Waals surface area (Å²) in [7, 11) is 0. The fraction of sp³-hybridized carbons (Fsp3) is 1.00. The Bertz CT molecular complexity index is 330. The van der Waals surface area contributed by atoms with Crippen molar-refractivity contribution in [2.45, 2.75) is 37.9 Å². The molecule has 17 heavy (non-hydrogen) atoms. The van der Waals surface area contributed by atoms with Gasteiger partial charge in [-0.2, -0.15) is 0 Å². The highest BCUT2D eigenvalue weighted by Crippen LogP contribution is 2.53. The first-order chi connectivity index (χ1) is 7.79. The maximum absolute atomic E-state index is 13.8. The first-order valence-corrected chi connectivity index (χ1v) is 5.56. The van der Waals surface area contributed by atoms with Crippen molar-refractivity contribution >= 4 is 0 Å². The zero-order chi connectivity index (χ0) is 12.7. The second kappa shape index (κ2) is 3.84. The van der Waals surface area contributed by atoms with Crippen LogP contribution in [0.4, 0.5) is 8.78 Å². The Balaban J connectivity index is 2.22. The van der Waals surface area contributed by atoms with E-state index in [0.29, 0.717) is 13.2 Å². The van der Waals surface area contributed by atoms with Crippen LogP contribution in [0.15, 0.2) is 0 Å². The van der Waals surface area contributed by atoms with Crippen molar-refractivity contribution < 1.29 is 23.2 Å². The molecule has 5 nitrogen and oxygen atoms in total. The third kappa shape index (κ3) is 2.13. The van der Waals surface area contributed by atoms with Gasteiger partial charge in [0.2, 0.25) is 6.54 Å². The number of alkyl halides is 2. The van der Waals surface area contributed by atoms with Gasteiger partial charge in [0.05, 0.1) is 13.2 Å². The lowest BCUT2D eigenvalue weighted by atomic mass is 9.69. The summed E-state index contributed by atoms with van der Waals surface area (Å²) < 4.78 is 38.4. The van der Waals surface area contributed by atoms with Gasteiger partial charge in [0.1, 0.15) is 5.41 Å². The molecule has 0 aromatic rings. The quantitative estimate of drug-likeness (QED) is 0.555. The van der Waals surface area contributed by atoms with Gasteiger partial charge in [-0.25, -0.2) is 8.78 Å². The van der Waals surface area contributed by atoms with Crippen molar-refractivity contribution in [3.05, 3.63) is 10.1 Å². The Labute approximate surface area is 97.2 Å². The fourth-order valence-electron chi connectivity index (χ4n) is 2.66. The standard InChI is InChI=1S/C10H15F2NO4/c1-8(7-13(14)15)6-9(16-4-5-17-9)2-3-10(8,11)12/h2-7H2,1H3.